The number of hydrogen-bond acceptors (Lipinski definition) is 8. The number of halogens is 2. The second-order valence-corrected chi connectivity index (χ2v) is 10.0. The van der Waals surface area contributed by atoms with Gasteiger partial charge >= 0.3 is 0 Å². The topological polar surface area (TPSA) is 142 Å². The third kappa shape index (κ3) is 5.11. The van der Waals surface area contributed by atoms with E-state index in [4.69, 9.17) is 10.5 Å². The van der Waals surface area contributed by atoms with Crippen molar-refractivity contribution in [2.24, 2.45) is 0 Å². The predicted molar refractivity (Wildman–Crippen MR) is 141 cm³/mol. The molecule has 3 heterocycles. The van der Waals surface area contributed by atoms with Crippen molar-refractivity contribution in [1.82, 2.24) is 19.5 Å². The molecule has 3 aromatic heterocycles. The van der Waals surface area contributed by atoms with E-state index >= 15 is 0 Å². The van der Waals surface area contributed by atoms with Crippen molar-refractivity contribution in [3.05, 3.63) is 101 Å². The van der Waals surface area contributed by atoms with Crippen molar-refractivity contribution in [1.29, 1.82) is 0 Å². The summed E-state index contributed by atoms with van der Waals surface area (Å²) in [7, 11) is -3.19. The monoisotopic (exact) mass is 550 g/mol. The first kappa shape index (κ1) is 25.7. The van der Waals surface area contributed by atoms with Gasteiger partial charge in [-0.1, -0.05) is 12.1 Å². The lowest BCUT2D eigenvalue weighted by Crippen LogP contribution is -2.25. The number of ether oxygens (including phenoxy) is 1. The standard InChI is InChI=1S/C26H20F2N6O4S/c1-38-24-23(39(36,37)33-22-8-6-17(27)12-20(22)28)11-16(13-31-24)15-5-7-21-19(10-15)25(35)34(26(29)32-21)14-18-4-2-3-9-30-18/h2-13,33H,14H2,1H3,(H2,29,32). The number of nitrogens with one attached hydrogen (secondary N) is 1. The molecule has 2 aromatic carbocycles. The minimum Gasteiger partial charge on any atom is -0.480 e. The second kappa shape index (κ2) is 10.1. The number of aromatic nitrogens is 4. The van der Waals surface area contributed by atoms with Crippen LogP contribution in [-0.2, 0) is 16.6 Å². The zero-order chi connectivity index (χ0) is 27.7. The molecule has 0 saturated heterocycles. The Labute approximate surface area is 220 Å². The van der Waals surface area contributed by atoms with Gasteiger partial charge in [-0.25, -0.2) is 27.2 Å². The minimum atomic E-state index is -4.42. The summed E-state index contributed by atoms with van der Waals surface area (Å²) in [6, 6.07) is 13.8. The van der Waals surface area contributed by atoms with E-state index in [0.717, 1.165) is 12.1 Å². The highest BCUT2D eigenvalue weighted by Gasteiger charge is 2.24. The number of benzene rings is 2. The summed E-state index contributed by atoms with van der Waals surface area (Å²) in [5.74, 6) is -2.18. The first-order chi connectivity index (χ1) is 18.7. The summed E-state index contributed by atoms with van der Waals surface area (Å²) in [4.78, 5) is 25.6. The number of fused-ring (bicyclic) bond motifs is 1. The summed E-state index contributed by atoms with van der Waals surface area (Å²) >= 11 is 0. The van der Waals surface area contributed by atoms with Gasteiger partial charge in [0, 0.05) is 24.0 Å². The van der Waals surface area contributed by atoms with Crippen molar-refractivity contribution in [3.63, 3.8) is 0 Å². The number of methoxy groups -OCH3 is 1. The summed E-state index contributed by atoms with van der Waals surface area (Å²) in [5, 5.41) is 0.240. The van der Waals surface area contributed by atoms with Gasteiger partial charge in [0.15, 0.2) is 0 Å². The molecule has 0 unspecified atom stereocenters. The molecule has 0 amide bonds. The highest BCUT2D eigenvalue weighted by atomic mass is 32.2. The molecule has 13 heteroatoms. The van der Waals surface area contributed by atoms with Gasteiger partial charge in [-0.05, 0) is 48.0 Å². The average molecular weight is 551 g/mol. The quantitative estimate of drug-likeness (QED) is 0.313. The van der Waals surface area contributed by atoms with E-state index in [1.54, 1.807) is 42.6 Å². The molecular formula is C26H20F2N6O4S. The Hall–Kier alpha value is -4.91. The van der Waals surface area contributed by atoms with E-state index in [9.17, 15) is 22.0 Å². The zero-order valence-corrected chi connectivity index (χ0v) is 21.1. The van der Waals surface area contributed by atoms with Crippen molar-refractivity contribution in [2.75, 3.05) is 17.6 Å². The van der Waals surface area contributed by atoms with Gasteiger partial charge in [0.2, 0.25) is 11.8 Å². The van der Waals surface area contributed by atoms with Crippen LogP contribution in [0.3, 0.4) is 0 Å². The molecule has 5 aromatic rings. The highest BCUT2D eigenvalue weighted by molar-refractivity contribution is 7.92. The van der Waals surface area contributed by atoms with E-state index in [-0.39, 0.29) is 23.8 Å². The van der Waals surface area contributed by atoms with Crippen molar-refractivity contribution < 1.29 is 21.9 Å². The highest BCUT2D eigenvalue weighted by Crippen LogP contribution is 2.31. The molecule has 0 bridgehead atoms. The fraction of sp³-hybridized carbons (Fsp3) is 0.0769. The van der Waals surface area contributed by atoms with Crippen LogP contribution in [0.1, 0.15) is 5.69 Å². The van der Waals surface area contributed by atoms with Gasteiger partial charge in [0.1, 0.15) is 16.5 Å². The molecule has 0 aliphatic carbocycles. The van der Waals surface area contributed by atoms with Crippen LogP contribution in [0.2, 0.25) is 0 Å². The predicted octanol–water partition coefficient (Wildman–Crippen LogP) is 3.57. The average Bonchev–Trinajstić information content (AvgIpc) is 2.92. The molecule has 0 atom stereocenters. The van der Waals surface area contributed by atoms with Crippen LogP contribution in [0.25, 0.3) is 22.0 Å². The summed E-state index contributed by atoms with van der Waals surface area (Å²) in [5.41, 5.74) is 6.92. The molecule has 0 spiro atoms. The molecule has 39 heavy (non-hydrogen) atoms. The normalized spacial score (nSPS) is 11.5. The Morgan fingerprint density at radius 1 is 1.03 bits per heavy atom. The van der Waals surface area contributed by atoms with Crippen LogP contribution in [-0.4, -0.2) is 35.0 Å². The second-order valence-electron chi connectivity index (χ2n) is 8.38. The molecular weight excluding hydrogens is 530 g/mol. The summed E-state index contributed by atoms with van der Waals surface area (Å²) in [6.07, 6.45) is 2.97. The van der Waals surface area contributed by atoms with E-state index in [1.807, 2.05) is 0 Å². The van der Waals surface area contributed by atoms with Gasteiger partial charge in [0.25, 0.3) is 15.6 Å². The molecule has 198 valence electrons. The van der Waals surface area contributed by atoms with Crippen LogP contribution in [0, 0.1) is 11.6 Å². The smallest absolute Gasteiger partial charge is 0.267 e. The Bertz CT molecular complexity index is 1880. The number of nitrogens with two attached hydrogens (primary N) is 1. The third-order valence-electron chi connectivity index (χ3n) is 5.84. The molecule has 0 aliphatic heterocycles. The number of hydrogen-bond donors (Lipinski definition) is 2. The molecule has 0 fully saturated rings. The molecule has 0 aliphatic rings. The SMILES string of the molecule is COc1ncc(-c2ccc3nc(N)n(Cc4ccccn4)c(=O)c3c2)cc1S(=O)(=O)Nc1ccc(F)cc1F. The number of rotatable bonds is 7. The largest absolute Gasteiger partial charge is 0.480 e. The fourth-order valence-corrected chi connectivity index (χ4v) is 5.14. The van der Waals surface area contributed by atoms with Gasteiger partial charge in [-0.15, -0.1) is 0 Å². The van der Waals surface area contributed by atoms with E-state index in [1.165, 1.54) is 23.9 Å². The summed E-state index contributed by atoms with van der Waals surface area (Å²) < 4.78 is 62.2. The van der Waals surface area contributed by atoms with Gasteiger partial charge in [-0.2, -0.15) is 0 Å². The molecule has 3 N–H and O–H groups in total. The lowest BCUT2D eigenvalue weighted by Gasteiger charge is -2.14. The lowest BCUT2D eigenvalue weighted by atomic mass is 10.1. The zero-order valence-electron chi connectivity index (χ0n) is 20.3. The Morgan fingerprint density at radius 2 is 1.85 bits per heavy atom. The van der Waals surface area contributed by atoms with Gasteiger partial charge in [-0.3, -0.25) is 19.1 Å². The maximum atomic E-state index is 14.1. The van der Waals surface area contributed by atoms with E-state index in [2.05, 4.69) is 19.7 Å². The Kier molecular flexibility index (Phi) is 6.66. The van der Waals surface area contributed by atoms with E-state index < -0.39 is 37.8 Å². The Balaban J connectivity index is 1.57. The molecule has 0 radical (unpaired) electrons. The van der Waals surface area contributed by atoms with Crippen LogP contribution < -0.4 is 20.8 Å². The van der Waals surface area contributed by atoms with Gasteiger partial charge < -0.3 is 10.5 Å². The van der Waals surface area contributed by atoms with Crippen molar-refractivity contribution in [2.45, 2.75) is 11.4 Å². The lowest BCUT2D eigenvalue weighted by molar-refractivity contribution is 0.385. The number of nitrogens with zero attached hydrogens (tertiary/aromatic N) is 4. The van der Waals surface area contributed by atoms with E-state index in [0.29, 0.717) is 28.4 Å². The number of nitrogen functional groups attached to an aromatic ring is 1. The van der Waals surface area contributed by atoms with Crippen LogP contribution in [0.4, 0.5) is 20.4 Å². The van der Waals surface area contributed by atoms with Crippen molar-refractivity contribution in [3.8, 4) is 17.0 Å². The molecule has 5 rings (SSSR count). The minimum absolute atomic E-state index is 0.0181. The number of sulfonamides is 1. The number of pyridine rings is 2. The van der Waals surface area contributed by atoms with Crippen LogP contribution >= 0.6 is 0 Å². The van der Waals surface area contributed by atoms with Gasteiger partial charge in [0.05, 0.1) is 35.9 Å². The fourth-order valence-electron chi connectivity index (χ4n) is 3.93. The van der Waals surface area contributed by atoms with Crippen LogP contribution in [0.5, 0.6) is 5.88 Å². The van der Waals surface area contributed by atoms with Crippen molar-refractivity contribution >= 4 is 32.6 Å². The van der Waals surface area contributed by atoms with Crippen LogP contribution in [0.15, 0.2) is 82.7 Å². The first-order valence-electron chi connectivity index (χ1n) is 11.4. The summed E-state index contributed by atoms with van der Waals surface area (Å²) in [6.45, 7) is 0.108. The molecule has 10 nitrogen and oxygen atoms in total. The maximum absolute atomic E-state index is 14.1. The third-order valence-corrected chi connectivity index (χ3v) is 7.20. The Morgan fingerprint density at radius 3 is 2.56 bits per heavy atom. The number of anilines is 2. The maximum Gasteiger partial charge on any atom is 0.267 e. The molecule has 0 saturated carbocycles. The first-order valence-corrected chi connectivity index (χ1v) is 12.9.